The van der Waals surface area contributed by atoms with Crippen LogP contribution < -0.4 is 0 Å². The lowest BCUT2D eigenvalue weighted by Gasteiger charge is -2.02. The van der Waals surface area contributed by atoms with Crippen molar-refractivity contribution in [3.63, 3.8) is 0 Å². The Morgan fingerprint density at radius 3 is 2.47 bits per heavy atom. The molecule has 0 aliphatic heterocycles. The second-order valence-electron chi connectivity index (χ2n) is 3.84. The Kier molecular flexibility index (Phi) is 3.57. The van der Waals surface area contributed by atoms with Gasteiger partial charge in [-0.15, -0.1) is 0 Å². The molecular formula is C12H11BrN2O4. The zero-order valence-electron chi connectivity index (χ0n) is 10.6. The molecule has 0 spiro atoms. The summed E-state index contributed by atoms with van der Waals surface area (Å²) in [4.78, 5) is 23.6. The van der Waals surface area contributed by atoms with Crippen molar-refractivity contribution >= 4 is 33.4 Å². The molecule has 2 aromatic rings. The summed E-state index contributed by atoms with van der Waals surface area (Å²) in [7, 11) is 2.48. The van der Waals surface area contributed by atoms with E-state index < -0.39 is 11.9 Å². The Labute approximate surface area is 117 Å². The Morgan fingerprint density at radius 1 is 1.26 bits per heavy atom. The molecule has 0 saturated heterocycles. The minimum absolute atomic E-state index is 0.0597. The molecule has 0 saturated carbocycles. The second kappa shape index (κ2) is 5.00. The number of esters is 2. The normalized spacial score (nSPS) is 10.5. The SMILES string of the molecule is COC(=O)c1nn2cc(Br)cc(C)c2c1C(=O)OC. The van der Waals surface area contributed by atoms with Gasteiger partial charge in [0.05, 0.1) is 19.7 Å². The van der Waals surface area contributed by atoms with E-state index in [1.807, 2.05) is 13.0 Å². The molecule has 0 aliphatic carbocycles. The molecule has 2 heterocycles. The van der Waals surface area contributed by atoms with Crippen LogP contribution in [0.4, 0.5) is 0 Å². The first kappa shape index (κ1) is 13.5. The number of halogens is 1. The molecule has 0 aromatic carbocycles. The molecule has 0 atom stereocenters. The zero-order valence-corrected chi connectivity index (χ0v) is 12.1. The van der Waals surface area contributed by atoms with Gasteiger partial charge in [0, 0.05) is 10.7 Å². The van der Waals surface area contributed by atoms with Crippen LogP contribution in [-0.2, 0) is 9.47 Å². The quantitative estimate of drug-likeness (QED) is 0.789. The molecule has 7 heteroatoms. The van der Waals surface area contributed by atoms with Gasteiger partial charge in [0.25, 0.3) is 0 Å². The topological polar surface area (TPSA) is 69.9 Å². The van der Waals surface area contributed by atoms with E-state index in [0.717, 1.165) is 10.0 Å². The molecule has 100 valence electrons. The average molecular weight is 327 g/mol. The molecule has 0 aliphatic rings. The lowest BCUT2D eigenvalue weighted by molar-refractivity contribution is 0.0553. The third-order valence-corrected chi connectivity index (χ3v) is 3.09. The van der Waals surface area contributed by atoms with Crippen molar-refractivity contribution < 1.29 is 19.1 Å². The maximum atomic E-state index is 11.9. The van der Waals surface area contributed by atoms with Crippen molar-refractivity contribution in [2.24, 2.45) is 0 Å². The first-order chi connectivity index (χ1) is 8.99. The highest BCUT2D eigenvalue weighted by Crippen LogP contribution is 2.24. The summed E-state index contributed by atoms with van der Waals surface area (Å²) in [6.07, 6.45) is 1.65. The van der Waals surface area contributed by atoms with Crippen LogP contribution in [-0.4, -0.2) is 35.8 Å². The van der Waals surface area contributed by atoms with Gasteiger partial charge in [0.2, 0.25) is 0 Å². The number of fused-ring (bicyclic) bond motifs is 1. The van der Waals surface area contributed by atoms with E-state index in [1.165, 1.54) is 18.7 Å². The Morgan fingerprint density at radius 2 is 1.89 bits per heavy atom. The number of ether oxygens (including phenoxy) is 2. The summed E-state index contributed by atoms with van der Waals surface area (Å²) >= 11 is 3.33. The maximum absolute atomic E-state index is 11.9. The molecule has 0 N–H and O–H groups in total. The van der Waals surface area contributed by atoms with Crippen molar-refractivity contribution in [1.29, 1.82) is 0 Å². The van der Waals surface area contributed by atoms with Gasteiger partial charge in [-0.2, -0.15) is 5.10 Å². The smallest absolute Gasteiger partial charge is 0.359 e. The molecule has 0 amide bonds. The van der Waals surface area contributed by atoms with E-state index in [4.69, 9.17) is 4.74 Å². The first-order valence-electron chi connectivity index (χ1n) is 5.34. The van der Waals surface area contributed by atoms with Crippen LogP contribution in [0.1, 0.15) is 26.4 Å². The highest BCUT2D eigenvalue weighted by molar-refractivity contribution is 9.10. The maximum Gasteiger partial charge on any atom is 0.359 e. The lowest BCUT2D eigenvalue weighted by Crippen LogP contribution is -2.10. The Hall–Kier alpha value is -1.89. The van der Waals surface area contributed by atoms with Crippen molar-refractivity contribution in [1.82, 2.24) is 9.61 Å². The monoisotopic (exact) mass is 326 g/mol. The standard InChI is InChI=1S/C12H11BrN2O4/c1-6-4-7(13)5-15-10(6)8(11(16)18-2)9(14-15)12(17)19-3/h4-5H,1-3H3. The number of carbonyl (C=O) groups is 2. The van der Waals surface area contributed by atoms with Crippen molar-refractivity contribution in [3.05, 3.63) is 33.6 Å². The minimum atomic E-state index is -0.681. The summed E-state index contributed by atoms with van der Waals surface area (Å²) in [6.45, 7) is 1.81. The third kappa shape index (κ3) is 2.21. The summed E-state index contributed by atoms with van der Waals surface area (Å²) < 4.78 is 11.6. The van der Waals surface area contributed by atoms with E-state index in [-0.39, 0.29) is 11.3 Å². The van der Waals surface area contributed by atoms with Gasteiger partial charge in [-0.25, -0.2) is 14.1 Å². The summed E-state index contributed by atoms with van der Waals surface area (Å²) in [5.74, 6) is -1.31. The van der Waals surface area contributed by atoms with Crippen LogP contribution in [0, 0.1) is 6.92 Å². The van der Waals surface area contributed by atoms with Crippen LogP contribution in [0.5, 0.6) is 0 Å². The van der Waals surface area contributed by atoms with Crippen LogP contribution >= 0.6 is 15.9 Å². The number of hydrogen-bond acceptors (Lipinski definition) is 5. The van der Waals surface area contributed by atoms with E-state index >= 15 is 0 Å². The van der Waals surface area contributed by atoms with Gasteiger partial charge < -0.3 is 9.47 Å². The molecule has 2 aromatic heterocycles. The van der Waals surface area contributed by atoms with E-state index in [0.29, 0.717) is 5.52 Å². The van der Waals surface area contributed by atoms with Crippen molar-refractivity contribution in [2.75, 3.05) is 14.2 Å². The number of carbonyl (C=O) groups excluding carboxylic acids is 2. The number of nitrogens with zero attached hydrogens (tertiary/aromatic N) is 2. The number of hydrogen-bond donors (Lipinski definition) is 0. The first-order valence-corrected chi connectivity index (χ1v) is 6.14. The van der Waals surface area contributed by atoms with E-state index in [2.05, 4.69) is 25.8 Å². The van der Waals surface area contributed by atoms with Crippen molar-refractivity contribution in [2.45, 2.75) is 6.92 Å². The molecular weight excluding hydrogens is 316 g/mol. The fourth-order valence-electron chi connectivity index (χ4n) is 1.87. The predicted molar refractivity (Wildman–Crippen MR) is 70.3 cm³/mol. The molecule has 0 unspecified atom stereocenters. The van der Waals surface area contributed by atoms with Gasteiger partial charge in [-0.3, -0.25) is 0 Å². The number of methoxy groups -OCH3 is 2. The van der Waals surface area contributed by atoms with Gasteiger partial charge in [0.1, 0.15) is 5.56 Å². The number of aryl methyl sites for hydroxylation is 1. The molecule has 19 heavy (non-hydrogen) atoms. The van der Waals surface area contributed by atoms with E-state index in [1.54, 1.807) is 6.20 Å². The number of pyridine rings is 1. The highest BCUT2D eigenvalue weighted by Gasteiger charge is 2.27. The minimum Gasteiger partial charge on any atom is -0.465 e. The Balaban J connectivity index is 2.85. The number of rotatable bonds is 2. The molecule has 2 rings (SSSR count). The molecule has 0 radical (unpaired) electrons. The second-order valence-corrected chi connectivity index (χ2v) is 4.76. The highest BCUT2D eigenvalue weighted by atomic mass is 79.9. The van der Waals surface area contributed by atoms with Crippen molar-refractivity contribution in [3.8, 4) is 0 Å². The number of aromatic nitrogens is 2. The molecule has 0 bridgehead atoms. The predicted octanol–water partition coefficient (Wildman–Crippen LogP) is 1.98. The Bertz CT molecular complexity index is 678. The van der Waals surface area contributed by atoms with Gasteiger partial charge >= 0.3 is 11.9 Å². The fraction of sp³-hybridized carbons (Fsp3) is 0.250. The third-order valence-electron chi connectivity index (χ3n) is 2.65. The van der Waals surface area contributed by atoms with Gasteiger partial charge in [-0.1, -0.05) is 0 Å². The average Bonchev–Trinajstić information content (AvgIpc) is 2.76. The zero-order chi connectivity index (χ0) is 14.2. The lowest BCUT2D eigenvalue weighted by atomic mass is 10.1. The molecule has 0 fully saturated rings. The van der Waals surface area contributed by atoms with E-state index in [9.17, 15) is 9.59 Å². The van der Waals surface area contributed by atoms with Gasteiger partial charge in [0.15, 0.2) is 5.69 Å². The fourth-order valence-corrected chi connectivity index (χ4v) is 2.41. The largest absolute Gasteiger partial charge is 0.465 e. The summed E-state index contributed by atoms with van der Waals surface area (Å²) in [6, 6.07) is 1.82. The van der Waals surface area contributed by atoms with Crippen LogP contribution in [0.25, 0.3) is 5.52 Å². The van der Waals surface area contributed by atoms with Gasteiger partial charge in [-0.05, 0) is 34.5 Å². The summed E-state index contributed by atoms with van der Waals surface area (Å²) in [5, 5.41) is 4.09. The van der Waals surface area contributed by atoms with Crippen LogP contribution in [0.15, 0.2) is 16.7 Å². The van der Waals surface area contributed by atoms with Crippen LogP contribution in [0.2, 0.25) is 0 Å². The summed E-state index contributed by atoms with van der Waals surface area (Å²) in [5.41, 5.74) is 1.36. The van der Waals surface area contributed by atoms with Crippen LogP contribution in [0.3, 0.4) is 0 Å². The molecule has 6 nitrogen and oxygen atoms in total.